The molecule has 2 rings (SSSR count). The molecule has 0 bridgehead atoms. The molecule has 0 fully saturated rings. The Bertz CT molecular complexity index is 568. The number of hydrogen-bond acceptors (Lipinski definition) is 3. The average molecular weight is 316 g/mol. The molecule has 0 aliphatic heterocycles. The van der Waals surface area contributed by atoms with E-state index in [1.54, 1.807) is 31.2 Å². The first-order valence-electron chi connectivity index (χ1n) is 4.76. The summed E-state index contributed by atoms with van der Waals surface area (Å²) in [5.74, 6) is 0.0269. The molecular weight excluding hydrogens is 307 g/mol. The molecule has 1 aromatic carbocycles. The van der Waals surface area contributed by atoms with Crippen LogP contribution in [0.4, 0.5) is 5.88 Å². The first-order chi connectivity index (χ1) is 8.06. The Morgan fingerprint density at radius 1 is 1.47 bits per heavy atom. The minimum absolute atomic E-state index is 0.287. The van der Waals surface area contributed by atoms with Crippen molar-refractivity contribution in [2.45, 2.75) is 6.92 Å². The van der Waals surface area contributed by atoms with Gasteiger partial charge in [-0.3, -0.25) is 10.1 Å². The highest BCUT2D eigenvalue weighted by atomic mass is 79.9. The van der Waals surface area contributed by atoms with Gasteiger partial charge in [0.2, 0.25) is 5.88 Å². The van der Waals surface area contributed by atoms with Crippen LogP contribution in [0.2, 0.25) is 5.02 Å². The highest BCUT2D eigenvalue weighted by Crippen LogP contribution is 2.22. The summed E-state index contributed by atoms with van der Waals surface area (Å²) in [6, 6.07) is 6.57. The lowest BCUT2D eigenvalue weighted by molar-refractivity contribution is 0.102. The molecule has 1 N–H and O–H groups in total. The van der Waals surface area contributed by atoms with E-state index >= 15 is 0 Å². The summed E-state index contributed by atoms with van der Waals surface area (Å²) in [5.41, 5.74) is 1.18. The van der Waals surface area contributed by atoms with Crippen molar-refractivity contribution in [3.8, 4) is 0 Å². The van der Waals surface area contributed by atoms with Crippen LogP contribution in [0.5, 0.6) is 0 Å². The van der Waals surface area contributed by atoms with E-state index in [9.17, 15) is 4.79 Å². The number of amides is 1. The quantitative estimate of drug-likeness (QED) is 0.920. The molecule has 1 aromatic heterocycles. The summed E-state index contributed by atoms with van der Waals surface area (Å²) in [7, 11) is 0. The van der Waals surface area contributed by atoms with Gasteiger partial charge < -0.3 is 4.52 Å². The van der Waals surface area contributed by atoms with Crippen molar-refractivity contribution in [1.29, 1.82) is 0 Å². The smallest absolute Gasteiger partial charge is 0.259 e. The predicted octanol–water partition coefficient (Wildman–Crippen LogP) is 3.65. The molecule has 4 nitrogen and oxygen atoms in total. The monoisotopic (exact) mass is 314 g/mol. The molecule has 0 atom stereocenters. The average Bonchev–Trinajstić information content (AvgIpc) is 2.63. The molecule has 0 aliphatic carbocycles. The first-order valence-corrected chi connectivity index (χ1v) is 5.93. The van der Waals surface area contributed by atoms with E-state index in [0.717, 1.165) is 0 Å². The van der Waals surface area contributed by atoms with Crippen LogP contribution in [0.25, 0.3) is 0 Å². The molecule has 88 valence electrons. The van der Waals surface area contributed by atoms with Gasteiger partial charge in [-0.15, -0.1) is 0 Å². The molecule has 0 spiro atoms. The Morgan fingerprint density at radius 2 is 2.24 bits per heavy atom. The number of aromatic nitrogens is 1. The molecule has 0 aliphatic rings. The topological polar surface area (TPSA) is 55.1 Å². The summed E-state index contributed by atoms with van der Waals surface area (Å²) >= 11 is 9.07. The van der Waals surface area contributed by atoms with E-state index in [4.69, 9.17) is 16.1 Å². The third-order valence-electron chi connectivity index (χ3n) is 2.04. The van der Waals surface area contributed by atoms with Crippen molar-refractivity contribution in [2.75, 3.05) is 5.32 Å². The standard InChI is InChI=1S/C11H8BrClN2O2/c1-6-4-10(17-15-6)14-11(16)8-3-2-7(13)5-9(8)12/h2-5H,1H3,(H,14,16). The minimum Gasteiger partial charge on any atom is -0.338 e. The second-order valence-electron chi connectivity index (χ2n) is 3.41. The van der Waals surface area contributed by atoms with E-state index in [-0.39, 0.29) is 5.91 Å². The highest BCUT2D eigenvalue weighted by molar-refractivity contribution is 9.10. The second kappa shape index (κ2) is 4.89. The maximum absolute atomic E-state index is 11.9. The summed E-state index contributed by atoms with van der Waals surface area (Å²) < 4.78 is 5.52. The molecule has 0 saturated carbocycles. The van der Waals surface area contributed by atoms with Gasteiger partial charge in [0.15, 0.2) is 0 Å². The summed E-state index contributed by atoms with van der Waals surface area (Å²) in [5, 5.41) is 6.83. The van der Waals surface area contributed by atoms with Crippen molar-refractivity contribution in [2.24, 2.45) is 0 Å². The number of nitrogens with one attached hydrogen (secondary N) is 1. The molecule has 1 amide bonds. The van der Waals surface area contributed by atoms with Crippen LogP contribution in [0.15, 0.2) is 33.3 Å². The summed E-state index contributed by atoms with van der Waals surface area (Å²) in [4.78, 5) is 11.9. The lowest BCUT2D eigenvalue weighted by Crippen LogP contribution is -2.11. The largest absolute Gasteiger partial charge is 0.338 e. The van der Waals surface area contributed by atoms with E-state index in [1.165, 1.54) is 0 Å². The molecular formula is C11H8BrClN2O2. The lowest BCUT2D eigenvalue weighted by atomic mass is 10.2. The highest BCUT2D eigenvalue weighted by Gasteiger charge is 2.12. The predicted molar refractivity (Wildman–Crippen MR) is 68.3 cm³/mol. The number of aryl methyl sites for hydroxylation is 1. The minimum atomic E-state index is -0.287. The van der Waals surface area contributed by atoms with E-state index < -0.39 is 0 Å². The van der Waals surface area contributed by atoms with Gasteiger partial charge in [-0.05, 0) is 41.1 Å². The Balaban J connectivity index is 2.20. The third-order valence-corrected chi connectivity index (χ3v) is 2.93. The van der Waals surface area contributed by atoms with Crippen LogP contribution in [-0.2, 0) is 0 Å². The van der Waals surface area contributed by atoms with Crippen molar-refractivity contribution in [3.05, 3.63) is 45.0 Å². The van der Waals surface area contributed by atoms with Gasteiger partial charge in [-0.2, -0.15) is 0 Å². The van der Waals surface area contributed by atoms with Crippen LogP contribution in [0.3, 0.4) is 0 Å². The number of carbonyl (C=O) groups excluding carboxylic acids is 1. The number of carbonyl (C=O) groups is 1. The molecule has 1 heterocycles. The van der Waals surface area contributed by atoms with Crippen LogP contribution >= 0.6 is 27.5 Å². The van der Waals surface area contributed by atoms with E-state index in [0.29, 0.717) is 26.6 Å². The van der Waals surface area contributed by atoms with Gasteiger partial charge in [0.1, 0.15) is 0 Å². The number of anilines is 1. The summed E-state index contributed by atoms with van der Waals surface area (Å²) in [6.45, 7) is 1.78. The maximum Gasteiger partial charge on any atom is 0.259 e. The van der Waals surface area contributed by atoms with Crippen molar-refractivity contribution in [1.82, 2.24) is 5.16 Å². The zero-order valence-corrected chi connectivity index (χ0v) is 11.2. The fourth-order valence-corrected chi connectivity index (χ4v) is 2.14. The Kier molecular flexibility index (Phi) is 3.49. The maximum atomic E-state index is 11.9. The molecule has 6 heteroatoms. The molecule has 17 heavy (non-hydrogen) atoms. The van der Waals surface area contributed by atoms with Gasteiger partial charge in [0, 0.05) is 15.6 Å². The van der Waals surface area contributed by atoms with Crippen molar-refractivity contribution < 1.29 is 9.32 Å². The van der Waals surface area contributed by atoms with Crippen LogP contribution in [-0.4, -0.2) is 11.1 Å². The van der Waals surface area contributed by atoms with Crippen LogP contribution in [0.1, 0.15) is 16.1 Å². The Morgan fingerprint density at radius 3 is 2.82 bits per heavy atom. The van der Waals surface area contributed by atoms with Gasteiger partial charge >= 0.3 is 0 Å². The van der Waals surface area contributed by atoms with Gasteiger partial charge in [-0.1, -0.05) is 16.8 Å². The van der Waals surface area contributed by atoms with Crippen molar-refractivity contribution >= 4 is 39.3 Å². The normalized spacial score (nSPS) is 10.3. The van der Waals surface area contributed by atoms with Crippen LogP contribution in [0, 0.1) is 6.92 Å². The first kappa shape index (κ1) is 12.1. The molecule has 0 radical (unpaired) electrons. The van der Waals surface area contributed by atoms with Gasteiger partial charge in [-0.25, -0.2) is 0 Å². The number of hydrogen-bond donors (Lipinski definition) is 1. The fraction of sp³-hybridized carbons (Fsp3) is 0.0909. The molecule has 0 saturated heterocycles. The SMILES string of the molecule is Cc1cc(NC(=O)c2ccc(Cl)cc2Br)on1. The number of rotatable bonds is 2. The number of benzene rings is 1. The zero-order chi connectivity index (χ0) is 12.4. The fourth-order valence-electron chi connectivity index (χ4n) is 1.28. The number of nitrogens with zero attached hydrogens (tertiary/aromatic N) is 1. The Hall–Kier alpha value is -1.33. The number of halogens is 2. The Labute approximate surface area is 111 Å². The van der Waals surface area contributed by atoms with Crippen molar-refractivity contribution in [3.63, 3.8) is 0 Å². The van der Waals surface area contributed by atoms with E-state index in [2.05, 4.69) is 26.4 Å². The summed E-state index contributed by atoms with van der Waals surface area (Å²) in [6.07, 6.45) is 0. The zero-order valence-electron chi connectivity index (χ0n) is 8.83. The molecule has 2 aromatic rings. The lowest BCUT2D eigenvalue weighted by Gasteiger charge is -2.03. The third kappa shape index (κ3) is 2.87. The van der Waals surface area contributed by atoms with Crippen LogP contribution < -0.4 is 5.32 Å². The van der Waals surface area contributed by atoms with Gasteiger partial charge in [0.05, 0.1) is 11.3 Å². The van der Waals surface area contributed by atoms with Gasteiger partial charge in [0.25, 0.3) is 5.91 Å². The second-order valence-corrected chi connectivity index (χ2v) is 4.70. The van der Waals surface area contributed by atoms with E-state index in [1.807, 2.05) is 0 Å². The molecule has 0 unspecified atom stereocenters.